The van der Waals surface area contributed by atoms with E-state index in [0.717, 1.165) is 0 Å². The lowest BCUT2D eigenvalue weighted by atomic mass is 9.82. The lowest BCUT2D eigenvalue weighted by molar-refractivity contribution is -0.318. The van der Waals surface area contributed by atoms with Gasteiger partial charge in [0.1, 0.15) is 36.6 Å². The molecule has 0 aromatic heterocycles. The SMILES string of the molecule is NCC1CCC(N)C(OC2C(N)C(O)C(N)C(OC3OC(CO)C(O)C(N)C3O)C2O)O1. The summed E-state index contributed by atoms with van der Waals surface area (Å²) in [5, 5.41) is 51.3. The van der Waals surface area contributed by atoms with E-state index in [1.54, 1.807) is 0 Å². The van der Waals surface area contributed by atoms with Gasteiger partial charge >= 0.3 is 0 Å². The molecular weight excluding hydrogens is 430 g/mol. The second-order valence-electron chi connectivity index (χ2n) is 8.72. The molecule has 188 valence electrons. The van der Waals surface area contributed by atoms with Gasteiger partial charge in [-0.05, 0) is 12.8 Å². The standard InChI is InChI=1S/C18H37N5O9/c19-3-5-1-2-6(20)17(29-5)31-15-9(22)12(26)10(23)16(14(15)28)32-18-13(27)8(21)11(25)7(4-24)30-18/h5-18,24-28H,1-4,19-23H2. The van der Waals surface area contributed by atoms with Crippen molar-refractivity contribution in [3.63, 3.8) is 0 Å². The van der Waals surface area contributed by atoms with Gasteiger partial charge in [-0.2, -0.15) is 0 Å². The number of rotatable bonds is 6. The first-order valence-electron chi connectivity index (χ1n) is 10.8. The number of hydrogen-bond donors (Lipinski definition) is 10. The number of hydrogen-bond acceptors (Lipinski definition) is 14. The van der Waals surface area contributed by atoms with Crippen LogP contribution in [0, 0.1) is 0 Å². The number of ether oxygens (including phenoxy) is 4. The van der Waals surface area contributed by atoms with Crippen molar-refractivity contribution in [2.24, 2.45) is 28.7 Å². The number of aliphatic hydroxyl groups excluding tert-OH is 5. The summed E-state index contributed by atoms with van der Waals surface area (Å²) in [5.74, 6) is 0. The van der Waals surface area contributed by atoms with Crippen LogP contribution in [-0.4, -0.2) is 124 Å². The Morgan fingerprint density at radius 1 is 0.719 bits per heavy atom. The highest BCUT2D eigenvalue weighted by atomic mass is 16.7. The molecule has 14 heteroatoms. The molecule has 3 fully saturated rings. The average molecular weight is 468 g/mol. The van der Waals surface area contributed by atoms with Crippen molar-refractivity contribution in [1.82, 2.24) is 0 Å². The van der Waals surface area contributed by atoms with E-state index in [2.05, 4.69) is 0 Å². The quantitative estimate of drug-likeness (QED) is 0.174. The third-order valence-electron chi connectivity index (χ3n) is 6.50. The third kappa shape index (κ3) is 5.08. The van der Waals surface area contributed by atoms with Crippen LogP contribution in [0.3, 0.4) is 0 Å². The second kappa shape index (κ2) is 10.8. The summed E-state index contributed by atoms with van der Waals surface area (Å²) < 4.78 is 22.7. The highest BCUT2D eigenvalue weighted by Crippen LogP contribution is 2.30. The Hall–Kier alpha value is -0.560. The van der Waals surface area contributed by atoms with Gasteiger partial charge in [0, 0.05) is 6.54 Å². The Kier molecular flexibility index (Phi) is 8.79. The first kappa shape index (κ1) is 26.1. The van der Waals surface area contributed by atoms with Gasteiger partial charge in [-0.25, -0.2) is 0 Å². The van der Waals surface area contributed by atoms with Gasteiger partial charge in [-0.15, -0.1) is 0 Å². The molecule has 3 rings (SSSR count). The van der Waals surface area contributed by atoms with Crippen LogP contribution in [0.1, 0.15) is 12.8 Å². The topological polar surface area (TPSA) is 268 Å². The van der Waals surface area contributed by atoms with Crippen LogP contribution < -0.4 is 28.7 Å². The summed E-state index contributed by atoms with van der Waals surface area (Å²) in [6.07, 6.45) is -10.7. The molecule has 2 heterocycles. The van der Waals surface area contributed by atoms with Crippen LogP contribution in [0.15, 0.2) is 0 Å². The van der Waals surface area contributed by atoms with Crippen molar-refractivity contribution in [2.75, 3.05) is 13.2 Å². The monoisotopic (exact) mass is 467 g/mol. The van der Waals surface area contributed by atoms with Crippen molar-refractivity contribution in [3.8, 4) is 0 Å². The van der Waals surface area contributed by atoms with Crippen molar-refractivity contribution in [2.45, 2.75) is 98.4 Å². The summed E-state index contributed by atoms with van der Waals surface area (Å²) in [7, 11) is 0. The zero-order chi connectivity index (χ0) is 23.7. The molecule has 1 aliphatic carbocycles. The molecule has 0 amide bonds. The minimum atomic E-state index is -1.50. The first-order valence-corrected chi connectivity index (χ1v) is 10.8. The van der Waals surface area contributed by atoms with Crippen LogP contribution in [0.2, 0.25) is 0 Å². The van der Waals surface area contributed by atoms with E-state index in [4.69, 9.17) is 47.6 Å². The molecule has 14 unspecified atom stereocenters. The molecule has 2 aliphatic heterocycles. The fourth-order valence-electron chi connectivity index (χ4n) is 4.35. The number of nitrogens with two attached hydrogens (primary N) is 5. The maximum absolute atomic E-state index is 11.0. The van der Waals surface area contributed by atoms with Gasteiger partial charge in [-0.3, -0.25) is 0 Å². The molecule has 0 radical (unpaired) electrons. The van der Waals surface area contributed by atoms with Gasteiger partial charge in [0.2, 0.25) is 0 Å². The summed E-state index contributed by atoms with van der Waals surface area (Å²) in [5.41, 5.74) is 29.7. The maximum atomic E-state index is 11.0. The normalized spacial score (nSPS) is 52.7. The first-order chi connectivity index (χ1) is 15.1. The Bertz CT molecular complexity index is 607. The van der Waals surface area contributed by atoms with E-state index < -0.39 is 86.1 Å². The largest absolute Gasteiger partial charge is 0.394 e. The molecule has 14 atom stereocenters. The molecule has 3 aliphatic rings. The average Bonchev–Trinajstić information content (AvgIpc) is 2.79. The van der Waals surface area contributed by atoms with E-state index in [0.29, 0.717) is 12.8 Å². The fraction of sp³-hybridized carbons (Fsp3) is 1.00. The van der Waals surface area contributed by atoms with Crippen molar-refractivity contribution in [1.29, 1.82) is 0 Å². The summed E-state index contributed by atoms with van der Waals surface area (Å²) in [6.45, 7) is -0.320. The minimum absolute atomic E-state index is 0.264. The predicted octanol–water partition coefficient (Wildman–Crippen LogP) is -6.30. The molecule has 2 saturated heterocycles. The van der Waals surface area contributed by atoms with E-state index in [-0.39, 0.29) is 12.6 Å². The van der Waals surface area contributed by atoms with Crippen molar-refractivity contribution >= 4 is 0 Å². The zero-order valence-corrected chi connectivity index (χ0v) is 17.7. The van der Waals surface area contributed by atoms with Crippen LogP contribution in [0.5, 0.6) is 0 Å². The molecule has 0 aromatic rings. The predicted molar refractivity (Wildman–Crippen MR) is 108 cm³/mol. The number of aliphatic hydroxyl groups is 5. The smallest absolute Gasteiger partial charge is 0.186 e. The molecule has 1 saturated carbocycles. The summed E-state index contributed by atoms with van der Waals surface area (Å²) in [4.78, 5) is 0. The van der Waals surface area contributed by atoms with Crippen LogP contribution in [0.4, 0.5) is 0 Å². The molecule has 32 heavy (non-hydrogen) atoms. The summed E-state index contributed by atoms with van der Waals surface area (Å²) >= 11 is 0. The molecule has 15 N–H and O–H groups in total. The van der Waals surface area contributed by atoms with Crippen LogP contribution >= 0.6 is 0 Å². The molecule has 0 bridgehead atoms. The van der Waals surface area contributed by atoms with E-state index in [1.165, 1.54) is 0 Å². The molecular formula is C18H37N5O9. The van der Waals surface area contributed by atoms with E-state index in [9.17, 15) is 25.5 Å². The highest BCUT2D eigenvalue weighted by Gasteiger charge is 2.53. The van der Waals surface area contributed by atoms with E-state index >= 15 is 0 Å². The van der Waals surface area contributed by atoms with Gasteiger partial charge in [-0.1, -0.05) is 0 Å². The van der Waals surface area contributed by atoms with E-state index in [1.807, 2.05) is 0 Å². The van der Waals surface area contributed by atoms with Crippen molar-refractivity contribution in [3.05, 3.63) is 0 Å². The maximum Gasteiger partial charge on any atom is 0.186 e. The zero-order valence-electron chi connectivity index (χ0n) is 17.7. The lowest BCUT2D eigenvalue weighted by Crippen LogP contribution is -2.72. The fourth-order valence-corrected chi connectivity index (χ4v) is 4.35. The molecule has 0 aromatic carbocycles. The Balaban J connectivity index is 1.74. The van der Waals surface area contributed by atoms with Gasteiger partial charge in [0.25, 0.3) is 0 Å². The minimum Gasteiger partial charge on any atom is -0.394 e. The van der Waals surface area contributed by atoms with Crippen molar-refractivity contribution < 1.29 is 44.5 Å². The third-order valence-corrected chi connectivity index (χ3v) is 6.50. The Morgan fingerprint density at radius 3 is 1.88 bits per heavy atom. The van der Waals surface area contributed by atoms with Gasteiger partial charge in [0.05, 0.1) is 43.0 Å². The van der Waals surface area contributed by atoms with Crippen LogP contribution in [-0.2, 0) is 18.9 Å². The lowest BCUT2D eigenvalue weighted by Gasteiger charge is -2.49. The Labute approximate surface area is 185 Å². The van der Waals surface area contributed by atoms with Gasteiger partial charge in [0.15, 0.2) is 12.6 Å². The Morgan fingerprint density at radius 2 is 1.31 bits per heavy atom. The van der Waals surface area contributed by atoms with Gasteiger partial charge < -0.3 is 73.1 Å². The van der Waals surface area contributed by atoms with Crippen LogP contribution in [0.25, 0.3) is 0 Å². The second-order valence-corrected chi connectivity index (χ2v) is 8.72. The highest BCUT2D eigenvalue weighted by molar-refractivity contribution is 5.05. The molecule has 0 spiro atoms. The molecule has 14 nitrogen and oxygen atoms in total. The summed E-state index contributed by atoms with van der Waals surface area (Å²) in [6, 6.07) is -3.97.